The van der Waals surface area contributed by atoms with E-state index in [0.717, 1.165) is 23.1 Å². The van der Waals surface area contributed by atoms with Crippen molar-refractivity contribution in [3.05, 3.63) is 92.0 Å². The fourth-order valence-corrected chi connectivity index (χ4v) is 5.07. The molecule has 0 unspecified atom stereocenters. The molecule has 3 rings (SSSR count). The minimum Gasteiger partial charge on any atom is -0.545 e. The number of ketones is 1. The van der Waals surface area contributed by atoms with Gasteiger partial charge in [-0.1, -0.05) is 41.4 Å². The second-order valence-corrected chi connectivity index (χ2v) is 10.4. The third-order valence-electron chi connectivity index (χ3n) is 6.78. The van der Waals surface area contributed by atoms with Crippen molar-refractivity contribution in [2.45, 2.75) is 44.9 Å². The number of rotatable bonds is 10. The van der Waals surface area contributed by atoms with Gasteiger partial charge in [0.1, 0.15) is 5.75 Å². The van der Waals surface area contributed by atoms with Gasteiger partial charge in [-0.05, 0) is 55.3 Å². The highest BCUT2D eigenvalue weighted by atomic mass is 35.5. The third-order valence-corrected chi connectivity index (χ3v) is 7.43. The lowest BCUT2D eigenvalue weighted by molar-refractivity contribution is -0.348. The van der Waals surface area contributed by atoms with Crippen molar-refractivity contribution in [1.82, 2.24) is 0 Å². The monoisotopic (exact) mass is 702 g/mol. The lowest BCUT2D eigenvalue weighted by Crippen LogP contribution is -2.50. The summed E-state index contributed by atoms with van der Waals surface area (Å²) in [5.74, 6) is -4.63. The Morgan fingerprint density at radius 3 is 2.00 bits per heavy atom. The van der Waals surface area contributed by atoms with Crippen molar-refractivity contribution in [2.24, 2.45) is 0 Å². The molecule has 3 aromatic rings. The van der Waals surface area contributed by atoms with Crippen molar-refractivity contribution in [2.75, 3.05) is 11.4 Å². The van der Waals surface area contributed by atoms with E-state index in [4.69, 9.17) is 23.2 Å². The van der Waals surface area contributed by atoms with Crippen LogP contribution in [0.25, 0.3) is 0 Å². The van der Waals surface area contributed by atoms with Gasteiger partial charge in [0.25, 0.3) is 5.91 Å². The minimum atomic E-state index is -6.59. The molecule has 0 heterocycles. The van der Waals surface area contributed by atoms with E-state index in [9.17, 15) is 59.0 Å². The normalized spacial score (nSPS) is 12.3. The summed E-state index contributed by atoms with van der Waals surface area (Å²) in [5, 5.41) is 9.77. The van der Waals surface area contributed by atoms with Crippen LogP contribution in [0.2, 0.25) is 10.0 Å². The molecule has 6 nitrogen and oxygen atoms in total. The first kappa shape index (κ1) is 36.5. The Morgan fingerprint density at radius 1 is 0.891 bits per heavy atom. The molecule has 0 spiro atoms. The van der Waals surface area contributed by atoms with Gasteiger partial charge < -0.3 is 19.5 Å². The van der Waals surface area contributed by atoms with Crippen molar-refractivity contribution in [1.29, 1.82) is 0 Å². The van der Waals surface area contributed by atoms with Crippen LogP contribution in [0.4, 0.5) is 45.2 Å². The van der Waals surface area contributed by atoms with Crippen LogP contribution in [0.3, 0.4) is 0 Å². The van der Waals surface area contributed by atoms with Crippen LogP contribution >= 0.6 is 23.2 Å². The van der Waals surface area contributed by atoms with E-state index in [0.29, 0.717) is 0 Å². The van der Waals surface area contributed by atoms with Gasteiger partial charge in [-0.25, -0.2) is 4.39 Å². The smallest absolute Gasteiger partial charge is 0.435 e. The van der Waals surface area contributed by atoms with Crippen molar-refractivity contribution in [3.63, 3.8) is 0 Å². The number of halogens is 11. The summed E-state index contributed by atoms with van der Waals surface area (Å²) in [4.78, 5) is 39.0. The number of aromatic carboxylic acids is 1. The Morgan fingerprint density at radius 2 is 1.50 bits per heavy atom. The zero-order valence-corrected chi connectivity index (χ0v) is 24.8. The highest BCUT2D eigenvalue weighted by Gasteiger charge is 2.73. The van der Waals surface area contributed by atoms with Gasteiger partial charge in [0.05, 0.1) is 16.6 Å². The first-order valence-electron chi connectivity index (χ1n) is 12.7. The quantitative estimate of drug-likeness (QED) is 0.160. The van der Waals surface area contributed by atoms with Crippen LogP contribution in [0.15, 0.2) is 48.5 Å². The van der Waals surface area contributed by atoms with Gasteiger partial charge in [0.15, 0.2) is 5.78 Å². The Labute approximate surface area is 264 Å². The van der Waals surface area contributed by atoms with Gasteiger partial charge in [-0.2, -0.15) is 35.1 Å². The SMILES string of the molecule is CCN(C(=O)c1ccc(C(=O)[O-])cc1Cl)c1cccc(C(=O)Cc2c(Cl)cc(C(F)(C(F)(F)F)C(F)(F)F)cc2OC(F)F)c1C. The first-order chi connectivity index (χ1) is 21.1. The molecule has 0 aromatic heterocycles. The standard InChI is InChI=1S/C29H20Cl2F9NO5/c1-3-41(24(43)17-8-7-14(25(44)45)9-19(17)30)21-6-4-5-16(13(21)2)22(42)12-18-20(31)10-15(11-23(18)46-26(32)33)27(34,28(35,36)37)29(38,39)40/h4-11,26H,3,12H2,1-2H3,(H,44,45)/p-1. The Balaban J connectivity index is 2.07. The maximum atomic E-state index is 14.7. The average Bonchev–Trinajstić information content (AvgIpc) is 2.93. The van der Waals surface area contributed by atoms with E-state index in [-0.39, 0.29) is 51.6 Å². The number of carboxylic acids is 1. The summed E-state index contributed by atoms with van der Waals surface area (Å²) in [6, 6.07) is 6.85. The van der Waals surface area contributed by atoms with Crippen molar-refractivity contribution in [3.8, 4) is 5.75 Å². The highest BCUT2D eigenvalue weighted by molar-refractivity contribution is 6.35. The van der Waals surface area contributed by atoms with Crippen LogP contribution in [-0.4, -0.2) is 43.2 Å². The number of Topliss-reactive ketones (excluding diaryl/α,β-unsaturated/α-hetero) is 1. The fourth-order valence-electron chi connectivity index (χ4n) is 4.53. The molecule has 0 aliphatic heterocycles. The number of alkyl halides is 9. The number of anilines is 1. The second-order valence-electron chi connectivity index (χ2n) is 9.55. The molecular weight excluding hydrogens is 684 g/mol. The van der Waals surface area contributed by atoms with Crippen LogP contribution < -0.4 is 14.7 Å². The summed E-state index contributed by atoms with van der Waals surface area (Å²) < 4.78 is 125. The number of carboxylic acid groups (broad SMARTS) is 1. The Bertz CT molecular complexity index is 1660. The molecule has 0 aliphatic carbocycles. The Kier molecular flexibility index (Phi) is 10.6. The van der Waals surface area contributed by atoms with Gasteiger partial charge in [-0.15, -0.1) is 0 Å². The highest BCUT2D eigenvalue weighted by Crippen LogP contribution is 2.54. The maximum absolute atomic E-state index is 14.7. The maximum Gasteiger partial charge on any atom is 0.435 e. The van der Waals surface area contributed by atoms with Crippen LogP contribution in [0, 0.1) is 6.92 Å². The summed E-state index contributed by atoms with van der Waals surface area (Å²) in [6.45, 7) is -0.908. The van der Waals surface area contributed by atoms with Crippen LogP contribution in [-0.2, 0) is 12.1 Å². The molecule has 0 aliphatic rings. The number of carbonyl (C=O) groups is 3. The largest absolute Gasteiger partial charge is 0.545 e. The molecule has 0 radical (unpaired) electrons. The van der Waals surface area contributed by atoms with E-state index < -0.39 is 70.6 Å². The molecule has 3 aromatic carbocycles. The van der Waals surface area contributed by atoms with E-state index in [1.54, 1.807) is 6.92 Å². The molecule has 17 heteroatoms. The minimum absolute atomic E-state index is 0.0149. The molecule has 0 saturated heterocycles. The lowest BCUT2D eigenvalue weighted by Gasteiger charge is -2.31. The number of carbonyl (C=O) groups excluding carboxylic acids is 3. The van der Waals surface area contributed by atoms with Crippen molar-refractivity contribution >= 4 is 46.5 Å². The zero-order chi connectivity index (χ0) is 34.9. The van der Waals surface area contributed by atoms with Crippen molar-refractivity contribution < 1.29 is 63.7 Å². The van der Waals surface area contributed by atoms with E-state index >= 15 is 0 Å². The number of amides is 1. The Hall–Kier alpha value is -3.98. The van der Waals surface area contributed by atoms with Gasteiger partial charge in [0.2, 0.25) is 0 Å². The molecule has 0 bridgehead atoms. The van der Waals surface area contributed by atoms with Crippen LogP contribution in [0.5, 0.6) is 5.75 Å². The number of nitrogens with zero attached hydrogens (tertiary/aromatic N) is 1. The van der Waals surface area contributed by atoms with E-state index in [2.05, 4.69) is 4.74 Å². The van der Waals surface area contributed by atoms with Gasteiger partial charge in [-0.3, -0.25) is 9.59 Å². The predicted molar refractivity (Wildman–Crippen MR) is 145 cm³/mol. The molecule has 0 saturated carbocycles. The molecule has 46 heavy (non-hydrogen) atoms. The summed E-state index contributed by atoms with van der Waals surface area (Å²) in [5.41, 5.74) is -9.35. The zero-order valence-electron chi connectivity index (χ0n) is 23.3. The summed E-state index contributed by atoms with van der Waals surface area (Å²) in [7, 11) is 0. The van der Waals surface area contributed by atoms with Crippen LogP contribution in [0.1, 0.15) is 54.7 Å². The summed E-state index contributed by atoms with van der Waals surface area (Å²) in [6.07, 6.45) is -14.2. The summed E-state index contributed by atoms with van der Waals surface area (Å²) >= 11 is 12.0. The molecule has 248 valence electrons. The number of benzene rings is 3. The fraction of sp³-hybridized carbons (Fsp3) is 0.276. The molecule has 0 N–H and O–H groups in total. The molecule has 1 amide bonds. The van der Waals surface area contributed by atoms with E-state index in [1.807, 2.05) is 0 Å². The predicted octanol–water partition coefficient (Wildman–Crippen LogP) is 7.65. The number of hydrogen-bond acceptors (Lipinski definition) is 5. The molecule has 0 atom stereocenters. The lowest BCUT2D eigenvalue weighted by atomic mass is 9.91. The van der Waals surface area contributed by atoms with E-state index in [1.165, 1.54) is 25.1 Å². The number of ether oxygens (including phenoxy) is 1. The number of hydrogen-bond donors (Lipinski definition) is 0. The van der Waals surface area contributed by atoms with Gasteiger partial charge >= 0.3 is 24.6 Å². The topological polar surface area (TPSA) is 86.7 Å². The molecular formula is C29H19Cl2F9NO5-. The molecule has 0 fully saturated rings. The average molecular weight is 703 g/mol. The van der Waals surface area contributed by atoms with Gasteiger partial charge in [0, 0.05) is 40.4 Å². The third kappa shape index (κ3) is 7.04. The second kappa shape index (κ2) is 13.4. The first-order valence-corrected chi connectivity index (χ1v) is 13.5.